The molecule has 0 aromatic heterocycles. The topological polar surface area (TPSA) is 52.6 Å². The Morgan fingerprint density at radius 2 is 2.33 bits per heavy atom. The first kappa shape index (κ1) is 12.5. The highest BCUT2D eigenvalue weighted by atomic mass is 16.3. The summed E-state index contributed by atoms with van der Waals surface area (Å²) in [5.74, 6) is 0.993. The third-order valence-electron chi connectivity index (χ3n) is 2.72. The van der Waals surface area contributed by atoms with E-state index in [1.54, 1.807) is 0 Å². The molecule has 1 aliphatic rings. The van der Waals surface area contributed by atoms with Gasteiger partial charge in [-0.1, -0.05) is 13.8 Å². The summed E-state index contributed by atoms with van der Waals surface area (Å²) in [6, 6.07) is 0. The van der Waals surface area contributed by atoms with Gasteiger partial charge in [0.2, 0.25) is 5.91 Å². The van der Waals surface area contributed by atoms with E-state index < -0.39 is 6.61 Å². The molecule has 4 nitrogen and oxygen atoms in total. The van der Waals surface area contributed by atoms with E-state index in [0.717, 1.165) is 26.1 Å². The lowest BCUT2D eigenvalue weighted by atomic mass is 10.1. The van der Waals surface area contributed by atoms with Gasteiger partial charge in [0.15, 0.2) is 0 Å². The van der Waals surface area contributed by atoms with Crippen LogP contribution in [0.1, 0.15) is 20.3 Å². The van der Waals surface area contributed by atoms with E-state index in [1.807, 2.05) is 0 Å². The Labute approximate surface area is 91.6 Å². The molecule has 1 saturated heterocycles. The van der Waals surface area contributed by atoms with Crippen LogP contribution in [-0.2, 0) is 4.79 Å². The molecular formula is C11H22N2O2. The molecule has 1 amide bonds. The minimum absolute atomic E-state index is 0.266. The van der Waals surface area contributed by atoms with Crippen molar-refractivity contribution in [2.24, 2.45) is 11.8 Å². The van der Waals surface area contributed by atoms with Crippen molar-refractivity contribution in [1.29, 1.82) is 0 Å². The number of carbonyl (C=O) groups excluding carboxylic acids is 1. The number of aliphatic hydroxyl groups excluding tert-OH is 1. The molecule has 0 aromatic carbocycles. The predicted octanol–water partition coefficient (Wildman–Crippen LogP) is 0.0728. The first-order valence-electron chi connectivity index (χ1n) is 5.71. The highest BCUT2D eigenvalue weighted by molar-refractivity contribution is 5.76. The lowest BCUT2D eigenvalue weighted by Crippen LogP contribution is -2.33. The zero-order chi connectivity index (χ0) is 11.3. The Kier molecular flexibility index (Phi) is 5.05. The molecule has 2 N–H and O–H groups in total. The van der Waals surface area contributed by atoms with Gasteiger partial charge in [-0.05, 0) is 24.8 Å². The number of hydrogen-bond donors (Lipinski definition) is 2. The van der Waals surface area contributed by atoms with E-state index >= 15 is 0 Å². The first-order chi connectivity index (χ1) is 7.11. The summed E-state index contributed by atoms with van der Waals surface area (Å²) in [5, 5.41) is 11.3. The van der Waals surface area contributed by atoms with Gasteiger partial charge in [0.05, 0.1) is 0 Å². The molecule has 0 aromatic rings. The minimum Gasteiger partial charge on any atom is -0.387 e. The van der Waals surface area contributed by atoms with Gasteiger partial charge >= 0.3 is 0 Å². The Morgan fingerprint density at radius 3 is 2.93 bits per heavy atom. The molecule has 0 spiro atoms. The van der Waals surface area contributed by atoms with Gasteiger partial charge in [-0.15, -0.1) is 0 Å². The quantitative estimate of drug-likeness (QED) is 0.681. The summed E-state index contributed by atoms with van der Waals surface area (Å²) >= 11 is 0. The second-order valence-electron chi connectivity index (χ2n) is 4.77. The molecule has 0 saturated carbocycles. The maximum absolute atomic E-state index is 10.9. The van der Waals surface area contributed by atoms with Crippen LogP contribution in [0.4, 0.5) is 0 Å². The highest BCUT2D eigenvalue weighted by Crippen LogP contribution is 2.16. The van der Waals surface area contributed by atoms with E-state index in [4.69, 9.17) is 5.11 Å². The first-order valence-corrected chi connectivity index (χ1v) is 5.71. The summed E-state index contributed by atoms with van der Waals surface area (Å²) in [5.41, 5.74) is 0. The van der Waals surface area contributed by atoms with Crippen LogP contribution in [0.15, 0.2) is 0 Å². The standard InChI is InChI=1S/C11H22N2O2/c1-9(2)6-13-4-3-10(7-13)5-12-11(15)8-14/h9-10,14H,3-8H2,1-2H3,(H,12,15). The van der Waals surface area contributed by atoms with E-state index in [9.17, 15) is 4.79 Å². The molecule has 0 radical (unpaired) electrons. The monoisotopic (exact) mass is 214 g/mol. The summed E-state index contributed by atoms with van der Waals surface area (Å²) in [6.07, 6.45) is 1.15. The van der Waals surface area contributed by atoms with Crippen LogP contribution in [0.25, 0.3) is 0 Å². The predicted molar refractivity (Wildman–Crippen MR) is 59.5 cm³/mol. The van der Waals surface area contributed by atoms with E-state index in [0.29, 0.717) is 18.4 Å². The highest BCUT2D eigenvalue weighted by Gasteiger charge is 2.22. The Hall–Kier alpha value is -0.610. The van der Waals surface area contributed by atoms with Gasteiger partial charge in [0, 0.05) is 19.6 Å². The molecule has 1 aliphatic heterocycles. The van der Waals surface area contributed by atoms with Crippen molar-refractivity contribution in [3.63, 3.8) is 0 Å². The van der Waals surface area contributed by atoms with Crippen molar-refractivity contribution in [3.05, 3.63) is 0 Å². The molecule has 4 heteroatoms. The maximum atomic E-state index is 10.9. The molecule has 88 valence electrons. The van der Waals surface area contributed by atoms with Crippen molar-refractivity contribution < 1.29 is 9.90 Å². The second kappa shape index (κ2) is 6.08. The number of aliphatic hydroxyl groups is 1. The molecule has 1 atom stereocenters. The Balaban J connectivity index is 2.16. The van der Waals surface area contributed by atoms with Crippen LogP contribution in [0.3, 0.4) is 0 Å². The molecule has 0 aliphatic carbocycles. The van der Waals surface area contributed by atoms with Crippen LogP contribution >= 0.6 is 0 Å². The lowest BCUT2D eigenvalue weighted by Gasteiger charge is -2.18. The van der Waals surface area contributed by atoms with Crippen LogP contribution in [0.5, 0.6) is 0 Å². The van der Waals surface area contributed by atoms with Gasteiger partial charge < -0.3 is 15.3 Å². The van der Waals surface area contributed by atoms with Crippen LogP contribution < -0.4 is 5.32 Å². The fourth-order valence-electron chi connectivity index (χ4n) is 2.08. The van der Waals surface area contributed by atoms with Crippen molar-refractivity contribution in [2.75, 3.05) is 32.8 Å². The van der Waals surface area contributed by atoms with Crippen molar-refractivity contribution >= 4 is 5.91 Å². The minimum atomic E-state index is -0.400. The molecule has 1 unspecified atom stereocenters. The summed E-state index contributed by atoms with van der Waals surface area (Å²) in [4.78, 5) is 13.3. The maximum Gasteiger partial charge on any atom is 0.245 e. The van der Waals surface area contributed by atoms with Gasteiger partial charge in [-0.25, -0.2) is 0 Å². The number of likely N-dealkylation sites (tertiary alicyclic amines) is 1. The molecule has 0 bridgehead atoms. The number of amides is 1. The Morgan fingerprint density at radius 1 is 1.60 bits per heavy atom. The third kappa shape index (κ3) is 4.62. The van der Waals surface area contributed by atoms with Crippen LogP contribution in [0.2, 0.25) is 0 Å². The van der Waals surface area contributed by atoms with Gasteiger partial charge in [-0.3, -0.25) is 4.79 Å². The SMILES string of the molecule is CC(C)CN1CCC(CNC(=O)CO)C1. The summed E-state index contributed by atoms with van der Waals surface area (Å²) in [6.45, 7) is 8.10. The summed E-state index contributed by atoms with van der Waals surface area (Å²) < 4.78 is 0. The van der Waals surface area contributed by atoms with Crippen LogP contribution in [-0.4, -0.2) is 48.7 Å². The van der Waals surface area contributed by atoms with Gasteiger partial charge in [0.1, 0.15) is 6.61 Å². The fraction of sp³-hybridized carbons (Fsp3) is 0.909. The number of nitrogens with zero attached hydrogens (tertiary/aromatic N) is 1. The number of nitrogens with one attached hydrogen (secondary N) is 1. The lowest BCUT2D eigenvalue weighted by molar-refractivity contribution is -0.123. The molecule has 1 rings (SSSR count). The van der Waals surface area contributed by atoms with Crippen molar-refractivity contribution in [2.45, 2.75) is 20.3 Å². The average Bonchev–Trinajstić information content (AvgIpc) is 2.61. The van der Waals surface area contributed by atoms with E-state index in [1.165, 1.54) is 0 Å². The van der Waals surface area contributed by atoms with Gasteiger partial charge in [0.25, 0.3) is 0 Å². The third-order valence-corrected chi connectivity index (χ3v) is 2.72. The largest absolute Gasteiger partial charge is 0.387 e. The van der Waals surface area contributed by atoms with E-state index in [2.05, 4.69) is 24.1 Å². The van der Waals surface area contributed by atoms with Gasteiger partial charge in [-0.2, -0.15) is 0 Å². The summed E-state index contributed by atoms with van der Waals surface area (Å²) in [7, 11) is 0. The molecule has 1 fully saturated rings. The number of hydrogen-bond acceptors (Lipinski definition) is 3. The van der Waals surface area contributed by atoms with Crippen LogP contribution in [0, 0.1) is 11.8 Å². The molecule has 1 heterocycles. The Bertz CT molecular complexity index is 207. The fourth-order valence-corrected chi connectivity index (χ4v) is 2.08. The zero-order valence-corrected chi connectivity index (χ0v) is 9.70. The van der Waals surface area contributed by atoms with E-state index in [-0.39, 0.29) is 5.91 Å². The molecular weight excluding hydrogens is 192 g/mol. The zero-order valence-electron chi connectivity index (χ0n) is 9.70. The average molecular weight is 214 g/mol. The normalized spacial score (nSPS) is 22.3. The molecule has 15 heavy (non-hydrogen) atoms. The second-order valence-corrected chi connectivity index (χ2v) is 4.77. The number of rotatable bonds is 5. The van der Waals surface area contributed by atoms with Crippen molar-refractivity contribution in [1.82, 2.24) is 10.2 Å². The smallest absolute Gasteiger partial charge is 0.245 e. The van der Waals surface area contributed by atoms with Crippen molar-refractivity contribution in [3.8, 4) is 0 Å². The number of carbonyl (C=O) groups is 1.